The van der Waals surface area contributed by atoms with Gasteiger partial charge in [-0.3, -0.25) is 4.79 Å². The Labute approximate surface area is 183 Å². The minimum absolute atomic E-state index is 0.311. The molecule has 0 saturated carbocycles. The van der Waals surface area contributed by atoms with E-state index in [1.165, 1.54) is 12.5 Å². The van der Waals surface area contributed by atoms with Gasteiger partial charge in [0, 0.05) is 6.92 Å². The highest BCUT2D eigenvalue weighted by atomic mass is 28.4. The van der Waals surface area contributed by atoms with E-state index < -0.39 is 8.32 Å². The van der Waals surface area contributed by atoms with Crippen LogP contribution in [0.15, 0.2) is 42.5 Å². The maximum Gasteiger partial charge on any atom is 0.308 e. The minimum Gasteiger partial charge on any atom is -0.543 e. The number of ether oxygens (including phenoxy) is 1. The van der Waals surface area contributed by atoms with Crippen molar-refractivity contribution >= 4 is 26.4 Å². The largest absolute Gasteiger partial charge is 0.543 e. The molecule has 0 fully saturated rings. The van der Waals surface area contributed by atoms with Gasteiger partial charge in [0.15, 0.2) is 0 Å². The molecule has 0 aromatic heterocycles. The van der Waals surface area contributed by atoms with Crippen molar-refractivity contribution < 1.29 is 14.0 Å². The van der Waals surface area contributed by atoms with Crippen LogP contribution in [0.4, 0.5) is 0 Å². The lowest BCUT2D eigenvalue weighted by Gasteiger charge is -2.42. The normalized spacial score (nSPS) is 12.2. The summed E-state index contributed by atoms with van der Waals surface area (Å²) in [6, 6.07) is 14.0. The standard InChI is InChI=1S/C26H36O3Si/c1-18(2)30(19(3)4,20(5)6)29-26-16-21(7)15-24(17-26)10-9-23-11-13-25(14-12-23)28-22(8)27/h9-20H,1-8H3/b10-9+. The molecule has 162 valence electrons. The summed E-state index contributed by atoms with van der Waals surface area (Å²) in [6.07, 6.45) is 4.16. The second kappa shape index (κ2) is 10.1. The molecular weight excluding hydrogens is 388 g/mol. The van der Waals surface area contributed by atoms with E-state index in [2.05, 4.69) is 78.8 Å². The Balaban J connectivity index is 2.28. The van der Waals surface area contributed by atoms with Crippen LogP contribution in [0.2, 0.25) is 16.6 Å². The van der Waals surface area contributed by atoms with Crippen LogP contribution in [0, 0.1) is 6.92 Å². The van der Waals surface area contributed by atoms with Crippen LogP contribution in [0.1, 0.15) is 65.2 Å². The third kappa shape index (κ3) is 5.85. The van der Waals surface area contributed by atoms with Gasteiger partial charge in [-0.25, -0.2) is 0 Å². The summed E-state index contributed by atoms with van der Waals surface area (Å²) in [4.78, 5) is 11.1. The van der Waals surface area contributed by atoms with Crippen molar-refractivity contribution in [1.29, 1.82) is 0 Å². The van der Waals surface area contributed by atoms with Crippen molar-refractivity contribution in [3.63, 3.8) is 0 Å². The van der Waals surface area contributed by atoms with Crippen molar-refractivity contribution in [1.82, 2.24) is 0 Å². The molecule has 0 heterocycles. The van der Waals surface area contributed by atoms with Crippen LogP contribution >= 0.6 is 0 Å². The van der Waals surface area contributed by atoms with Crippen LogP contribution in [0.25, 0.3) is 12.2 Å². The Morgan fingerprint density at radius 1 is 0.800 bits per heavy atom. The number of benzene rings is 2. The first kappa shape index (κ1) is 23.9. The van der Waals surface area contributed by atoms with Crippen molar-refractivity contribution in [3.05, 3.63) is 59.2 Å². The lowest BCUT2D eigenvalue weighted by Crippen LogP contribution is -2.50. The van der Waals surface area contributed by atoms with Gasteiger partial charge in [0.05, 0.1) is 0 Å². The molecule has 2 aromatic carbocycles. The average Bonchev–Trinajstić information content (AvgIpc) is 2.64. The van der Waals surface area contributed by atoms with Crippen LogP contribution in [0.5, 0.6) is 11.5 Å². The molecule has 0 unspecified atom stereocenters. The fourth-order valence-corrected chi connectivity index (χ4v) is 9.73. The summed E-state index contributed by atoms with van der Waals surface area (Å²) >= 11 is 0. The lowest BCUT2D eigenvalue weighted by molar-refractivity contribution is -0.131. The predicted molar refractivity (Wildman–Crippen MR) is 130 cm³/mol. The monoisotopic (exact) mass is 424 g/mol. The Morgan fingerprint density at radius 3 is 1.83 bits per heavy atom. The van der Waals surface area contributed by atoms with Gasteiger partial charge in [0.2, 0.25) is 0 Å². The maximum atomic E-state index is 11.1. The number of carbonyl (C=O) groups is 1. The van der Waals surface area contributed by atoms with Gasteiger partial charge in [-0.1, -0.05) is 71.9 Å². The van der Waals surface area contributed by atoms with Gasteiger partial charge in [-0.15, -0.1) is 0 Å². The molecule has 0 amide bonds. The molecular formula is C26H36O3Si. The quantitative estimate of drug-likeness (QED) is 0.189. The van der Waals surface area contributed by atoms with Crippen LogP contribution in [-0.2, 0) is 4.79 Å². The molecule has 0 saturated heterocycles. The van der Waals surface area contributed by atoms with Gasteiger partial charge in [-0.05, 0) is 64.5 Å². The van der Waals surface area contributed by atoms with Crippen molar-refractivity contribution in [2.24, 2.45) is 0 Å². The second-order valence-corrected chi connectivity index (χ2v) is 14.4. The SMILES string of the molecule is CC(=O)Oc1ccc(/C=C/c2cc(C)cc(O[Si](C(C)C)(C(C)C)C(C)C)c2)cc1. The van der Waals surface area contributed by atoms with Crippen molar-refractivity contribution in [3.8, 4) is 11.5 Å². The number of esters is 1. The first-order valence-electron chi connectivity index (χ1n) is 10.8. The molecule has 4 heteroatoms. The Hall–Kier alpha value is -2.33. The fourth-order valence-electron chi connectivity index (χ4n) is 4.49. The number of hydrogen-bond donors (Lipinski definition) is 0. The van der Waals surface area contributed by atoms with E-state index in [1.54, 1.807) is 12.1 Å². The van der Waals surface area contributed by atoms with Crippen LogP contribution in [0.3, 0.4) is 0 Å². The van der Waals surface area contributed by atoms with Gasteiger partial charge in [0.1, 0.15) is 11.5 Å². The molecule has 0 aliphatic heterocycles. The zero-order chi connectivity index (χ0) is 22.5. The van der Waals surface area contributed by atoms with Gasteiger partial charge >= 0.3 is 5.97 Å². The second-order valence-electron chi connectivity index (χ2n) is 9.00. The predicted octanol–water partition coefficient (Wildman–Crippen LogP) is 7.65. The first-order valence-corrected chi connectivity index (χ1v) is 13.0. The summed E-state index contributed by atoms with van der Waals surface area (Å²) in [6.45, 7) is 17.4. The average molecular weight is 425 g/mol. The van der Waals surface area contributed by atoms with E-state index in [0.29, 0.717) is 22.4 Å². The van der Waals surface area contributed by atoms with E-state index in [1.807, 2.05) is 12.1 Å². The van der Waals surface area contributed by atoms with Crippen molar-refractivity contribution in [2.75, 3.05) is 0 Å². The van der Waals surface area contributed by atoms with E-state index in [9.17, 15) is 4.79 Å². The molecule has 0 bridgehead atoms. The third-order valence-electron chi connectivity index (χ3n) is 5.68. The van der Waals surface area contributed by atoms with Gasteiger partial charge in [0.25, 0.3) is 8.32 Å². The van der Waals surface area contributed by atoms with Crippen LogP contribution < -0.4 is 9.16 Å². The highest BCUT2D eigenvalue weighted by Gasteiger charge is 2.47. The van der Waals surface area contributed by atoms with Gasteiger partial charge < -0.3 is 9.16 Å². The van der Waals surface area contributed by atoms with Crippen molar-refractivity contribution in [2.45, 2.75) is 72.0 Å². The Morgan fingerprint density at radius 2 is 1.33 bits per heavy atom. The lowest BCUT2D eigenvalue weighted by atomic mass is 10.1. The van der Waals surface area contributed by atoms with E-state index in [-0.39, 0.29) is 5.97 Å². The zero-order valence-corrected chi connectivity index (χ0v) is 20.7. The third-order valence-corrected chi connectivity index (χ3v) is 11.7. The Bertz CT molecular complexity index is 858. The summed E-state index contributed by atoms with van der Waals surface area (Å²) < 4.78 is 12.0. The summed E-state index contributed by atoms with van der Waals surface area (Å²) in [5.41, 5.74) is 4.96. The Kier molecular flexibility index (Phi) is 8.08. The molecule has 2 aromatic rings. The molecule has 2 rings (SSSR count). The summed E-state index contributed by atoms with van der Waals surface area (Å²) in [5, 5.41) is 0. The number of carbonyl (C=O) groups excluding carboxylic acids is 1. The van der Waals surface area contributed by atoms with Crippen LogP contribution in [-0.4, -0.2) is 14.3 Å². The molecule has 0 N–H and O–H groups in total. The van der Waals surface area contributed by atoms with E-state index >= 15 is 0 Å². The molecule has 0 atom stereocenters. The highest BCUT2D eigenvalue weighted by Crippen LogP contribution is 2.43. The summed E-state index contributed by atoms with van der Waals surface area (Å²) in [7, 11) is -1.99. The topological polar surface area (TPSA) is 35.5 Å². The van der Waals surface area contributed by atoms with E-state index in [4.69, 9.17) is 9.16 Å². The number of aryl methyl sites for hydroxylation is 1. The van der Waals surface area contributed by atoms with Gasteiger partial charge in [-0.2, -0.15) is 0 Å². The number of rotatable bonds is 8. The fraction of sp³-hybridized carbons (Fsp3) is 0.423. The zero-order valence-electron chi connectivity index (χ0n) is 19.7. The van der Waals surface area contributed by atoms with E-state index in [0.717, 1.165) is 16.9 Å². The molecule has 0 spiro atoms. The molecule has 0 aliphatic rings. The highest BCUT2D eigenvalue weighted by molar-refractivity contribution is 6.78. The smallest absolute Gasteiger partial charge is 0.308 e. The maximum absolute atomic E-state index is 11.1. The molecule has 0 radical (unpaired) electrons. The summed E-state index contributed by atoms with van der Waals surface area (Å²) in [5.74, 6) is 1.22. The molecule has 30 heavy (non-hydrogen) atoms. The molecule has 3 nitrogen and oxygen atoms in total. The minimum atomic E-state index is -1.99. The first-order chi connectivity index (χ1) is 14.0. The molecule has 0 aliphatic carbocycles. The number of hydrogen-bond acceptors (Lipinski definition) is 3.